The first-order chi connectivity index (χ1) is 12.7. The Balaban J connectivity index is 1.69. The maximum Gasteiger partial charge on any atom is 0.268 e. The van der Waals surface area contributed by atoms with E-state index in [0.29, 0.717) is 23.6 Å². The summed E-state index contributed by atoms with van der Waals surface area (Å²) in [5.74, 6) is 0.496. The molecule has 1 aliphatic heterocycles. The van der Waals surface area contributed by atoms with Gasteiger partial charge in [0.15, 0.2) is 0 Å². The summed E-state index contributed by atoms with van der Waals surface area (Å²) in [6.45, 7) is 0.365. The Hall–Kier alpha value is -2.92. The third-order valence-electron chi connectivity index (χ3n) is 4.60. The number of carbonyl (C=O) groups excluding carboxylic acids is 1. The minimum atomic E-state index is -0.0969. The standard InChI is InChI=1S/C21H13BrN2O2/c22-15-8-3-1-6-13(15)12-26-20-14-7-2-4-9-16(14)23-19-17-10-5-11-24(17)21(25)18(19)20/h1-11H,12H2. The highest BCUT2D eigenvalue weighted by molar-refractivity contribution is 9.10. The number of halogens is 1. The smallest absolute Gasteiger partial charge is 0.268 e. The van der Waals surface area contributed by atoms with Gasteiger partial charge in [-0.1, -0.05) is 46.3 Å². The zero-order valence-corrected chi connectivity index (χ0v) is 15.2. The second kappa shape index (κ2) is 5.81. The molecule has 4 aromatic rings. The number of carbonyl (C=O) groups is 1. The van der Waals surface area contributed by atoms with Crippen LogP contribution in [0, 0.1) is 0 Å². The third kappa shape index (κ3) is 2.21. The van der Waals surface area contributed by atoms with Crippen LogP contribution in [-0.2, 0) is 6.61 Å². The van der Waals surface area contributed by atoms with Gasteiger partial charge in [-0.3, -0.25) is 9.36 Å². The lowest BCUT2D eigenvalue weighted by atomic mass is 10.1. The van der Waals surface area contributed by atoms with Crippen LogP contribution in [0.2, 0.25) is 0 Å². The first kappa shape index (κ1) is 15.3. The number of benzene rings is 2. The highest BCUT2D eigenvalue weighted by Gasteiger charge is 2.32. The quantitative estimate of drug-likeness (QED) is 0.422. The largest absolute Gasteiger partial charge is 0.487 e. The fraction of sp³-hybridized carbons (Fsp3) is 0.0476. The van der Waals surface area contributed by atoms with Gasteiger partial charge in [0, 0.05) is 21.6 Å². The van der Waals surface area contributed by atoms with Crippen molar-refractivity contribution in [2.24, 2.45) is 0 Å². The third-order valence-corrected chi connectivity index (χ3v) is 5.37. The number of ether oxygens (including phenoxy) is 1. The monoisotopic (exact) mass is 404 g/mol. The highest BCUT2D eigenvalue weighted by Crippen LogP contribution is 2.41. The number of hydrogen-bond acceptors (Lipinski definition) is 3. The molecule has 126 valence electrons. The van der Waals surface area contributed by atoms with Crippen molar-refractivity contribution in [3.8, 4) is 17.1 Å². The summed E-state index contributed by atoms with van der Waals surface area (Å²) in [7, 11) is 0. The lowest BCUT2D eigenvalue weighted by molar-refractivity contribution is 0.0965. The molecule has 1 aliphatic rings. The predicted octanol–water partition coefficient (Wildman–Crippen LogP) is 5.05. The lowest BCUT2D eigenvalue weighted by Crippen LogP contribution is -2.08. The van der Waals surface area contributed by atoms with E-state index in [-0.39, 0.29) is 5.91 Å². The summed E-state index contributed by atoms with van der Waals surface area (Å²) in [6, 6.07) is 19.4. The predicted molar refractivity (Wildman–Crippen MR) is 103 cm³/mol. The normalized spacial score (nSPS) is 12.3. The molecular weight excluding hydrogens is 392 g/mol. The number of hydrogen-bond donors (Lipinski definition) is 0. The van der Waals surface area contributed by atoms with Gasteiger partial charge in [0.05, 0.1) is 11.2 Å². The van der Waals surface area contributed by atoms with Crippen LogP contribution in [0.3, 0.4) is 0 Å². The summed E-state index contributed by atoms with van der Waals surface area (Å²) in [6.07, 6.45) is 1.77. The van der Waals surface area contributed by atoms with Gasteiger partial charge in [-0.2, -0.15) is 0 Å². The van der Waals surface area contributed by atoms with Gasteiger partial charge in [-0.05, 0) is 30.3 Å². The average molecular weight is 405 g/mol. The Kier molecular flexibility index (Phi) is 3.43. The molecule has 2 aromatic carbocycles. The van der Waals surface area contributed by atoms with Crippen LogP contribution in [0.4, 0.5) is 0 Å². The van der Waals surface area contributed by atoms with Crippen molar-refractivity contribution < 1.29 is 9.53 Å². The van der Waals surface area contributed by atoms with Gasteiger partial charge in [-0.25, -0.2) is 4.98 Å². The molecule has 26 heavy (non-hydrogen) atoms. The molecule has 0 unspecified atom stereocenters. The van der Waals surface area contributed by atoms with Crippen LogP contribution in [0.25, 0.3) is 22.3 Å². The highest BCUT2D eigenvalue weighted by atomic mass is 79.9. The van der Waals surface area contributed by atoms with Crippen molar-refractivity contribution in [1.82, 2.24) is 9.55 Å². The first-order valence-electron chi connectivity index (χ1n) is 8.25. The van der Waals surface area contributed by atoms with Gasteiger partial charge < -0.3 is 4.74 Å². The van der Waals surface area contributed by atoms with Crippen molar-refractivity contribution in [3.05, 3.63) is 82.5 Å². The van der Waals surface area contributed by atoms with Crippen molar-refractivity contribution >= 4 is 32.7 Å². The molecular formula is C21H13BrN2O2. The first-order valence-corrected chi connectivity index (χ1v) is 9.05. The van der Waals surface area contributed by atoms with Gasteiger partial charge in [0.25, 0.3) is 5.91 Å². The molecule has 5 rings (SSSR count). The summed E-state index contributed by atoms with van der Waals surface area (Å²) in [5.41, 5.74) is 3.86. The van der Waals surface area contributed by atoms with E-state index in [1.807, 2.05) is 60.7 Å². The van der Waals surface area contributed by atoms with E-state index in [9.17, 15) is 4.79 Å². The van der Waals surface area contributed by atoms with Gasteiger partial charge in [0.1, 0.15) is 23.6 Å². The lowest BCUT2D eigenvalue weighted by Gasteiger charge is -2.13. The molecule has 0 N–H and O–H groups in total. The van der Waals surface area contributed by atoms with Crippen molar-refractivity contribution in [2.45, 2.75) is 6.61 Å². The van der Waals surface area contributed by atoms with Crippen LogP contribution in [0.5, 0.6) is 5.75 Å². The molecule has 2 aromatic heterocycles. The Morgan fingerprint density at radius 3 is 2.69 bits per heavy atom. The van der Waals surface area contributed by atoms with Crippen molar-refractivity contribution in [2.75, 3.05) is 0 Å². The topological polar surface area (TPSA) is 44.1 Å². The molecule has 0 saturated carbocycles. The second-order valence-corrected chi connectivity index (χ2v) is 6.98. The summed E-state index contributed by atoms with van der Waals surface area (Å²) >= 11 is 3.55. The van der Waals surface area contributed by atoms with E-state index in [0.717, 1.165) is 26.6 Å². The SMILES string of the molecule is O=C1c2c(nc3ccccc3c2OCc2ccccc2Br)-c2cccn21. The van der Waals surface area contributed by atoms with Crippen LogP contribution < -0.4 is 4.74 Å². The van der Waals surface area contributed by atoms with Crippen LogP contribution in [0.15, 0.2) is 71.3 Å². The average Bonchev–Trinajstić information content (AvgIpc) is 3.24. The molecule has 0 aliphatic carbocycles. The molecule has 0 amide bonds. The molecule has 0 radical (unpaired) electrons. The van der Waals surface area contributed by atoms with E-state index in [4.69, 9.17) is 9.72 Å². The van der Waals surface area contributed by atoms with Crippen LogP contribution in [-0.4, -0.2) is 15.5 Å². The number of nitrogens with zero attached hydrogens (tertiary/aromatic N) is 2. The summed E-state index contributed by atoms with van der Waals surface area (Å²) < 4.78 is 8.80. The Morgan fingerprint density at radius 1 is 1.00 bits per heavy atom. The van der Waals surface area contributed by atoms with Crippen LogP contribution in [0.1, 0.15) is 15.9 Å². The van der Waals surface area contributed by atoms with Crippen molar-refractivity contribution in [1.29, 1.82) is 0 Å². The van der Waals surface area contributed by atoms with E-state index in [2.05, 4.69) is 15.9 Å². The zero-order valence-electron chi connectivity index (χ0n) is 13.6. The van der Waals surface area contributed by atoms with Gasteiger partial charge in [0.2, 0.25) is 0 Å². The molecule has 0 saturated heterocycles. The van der Waals surface area contributed by atoms with E-state index in [1.165, 1.54) is 0 Å². The van der Waals surface area contributed by atoms with E-state index >= 15 is 0 Å². The molecule has 4 nitrogen and oxygen atoms in total. The molecule has 0 atom stereocenters. The Morgan fingerprint density at radius 2 is 1.81 bits per heavy atom. The minimum absolute atomic E-state index is 0.0969. The van der Waals surface area contributed by atoms with E-state index in [1.54, 1.807) is 10.8 Å². The fourth-order valence-electron chi connectivity index (χ4n) is 3.35. The molecule has 0 spiro atoms. The van der Waals surface area contributed by atoms with E-state index < -0.39 is 0 Å². The maximum absolute atomic E-state index is 12.9. The molecule has 0 fully saturated rings. The van der Waals surface area contributed by atoms with Crippen LogP contribution >= 0.6 is 15.9 Å². The molecule has 0 bridgehead atoms. The Labute approximate surface area is 158 Å². The van der Waals surface area contributed by atoms with Gasteiger partial charge >= 0.3 is 0 Å². The number of aromatic nitrogens is 2. The number of para-hydroxylation sites is 1. The summed E-state index contributed by atoms with van der Waals surface area (Å²) in [4.78, 5) is 17.6. The van der Waals surface area contributed by atoms with Crippen molar-refractivity contribution in [3.63, 3.8) is 0 Å². The second-order valence-electron chi connectivity index (χ2n) is 6.13. The number of pyridine rings is 1. The fourth-order valence-corrected chi connectivity index (χ4v) is 3.75. The minimum Gasteiger partial charge on any atom is -0.487 e. The Bertz CT molecular complexity index is 1180. The maximum atomic E-state index is 12.9. The summed E-state index contributed by atoms with van der Waals surface area (Å²) in [5, 5.41) is 0.845. The number of fused-ring (bicyclic) bond motifs is 4. The molecule has 3 heterocycles. The zero-order chi connectivity index (χ0) is 17.7. The van der Waals surface area contributed by atoms with Gasteiger partial charge in [-0.15, -0.1) is 0 Å². The number of rotatable bonds is 3. The molecule has 5 heteroatoms.